The molecule has 0 bridgehead atoms. The average Bonchev–Trinajstić information content (AvgIpc) is 2.74. The molecule has 0 atom stereocenters. The monoisotopic (exact) mass is 416 g/mol. The lowest BCUT2D eigenvalue weighted by atomic mass is 10.1. The number of anilines is 2. The van der Waals surface area contributed by atoms with E-state index < -0.39 is 23.4 Å². The van der Waals surface area contributed by atoms with Gasteiger partial charge in [0.25, 0.3) is 0 Å². The third-order valence-electron chi connectivity index (χ3n) is 5.12. The number of likely N-dealkylation sites (N-methyl/N-ethyl adjacent to an activating group) is 1. The number of rotatable bonds is 6. The zero-order chi connectivity index (χ0) is 21.5. The first-order valence-electron chi connectivity index (χ1n) is 9.99. The molecule has 2 aromatic rings. The second-order valence-electron chi connectivity index (χ2n) is 7.40. The Hall–Kier alpha value is -3.00. The standard InChI is InChI=1S/C22H26F2N4O2/c1-27-11-13-28(14-12-27)18-7-4-16(5-8-18)3-2-10-25-21(29)22(30)26-17-6-9-19(23)20(24)15-17/h4-9,15H,2-3,10-14H2,1H3,(H,25,29)(H,26,30). The summed E-state index contributed by atoms with van der Waals surface area (Å²) in [6.07, 6.45) is 1.45. The van der Waals surface area contributed by atoms with E-state index in [0.29, 0.717) is 13.0 Å². The number of nitrogens with zero attached hydrogens (tertiary/aromatic N) is 2. The Bertz CT molecular complexity index is 881. The van der Waals surface area contributed by atoms with Crippen molar-refractivity contribution in [1.82, 2.24) is 10.2 Å². The highest BCUT2D eigenvalue weighted by atomic mass is 19.2. The molecule has 1 heterocycles. The van der Waals surface area contributed by atoms with Gasteiger partial charge in [-0.05, 0) is 49.7 Å². The third-order valence-corrected chi connectivity index (χ3v) is 5.12. The van der Waals surface area contributed by atoms with Crippen molar-refractivity contribution in [3.63, 3.8) is 0 Å². The largest absolute Gasteiger partial charge is 0.369 e. The van der Waals surface area contributed by atoms with Gasteiger partial charge in [0.2, 0.25) is 0 Å². The summed E-state index contributed by atoms with van der Waals surface area (Å²) in [5.41, 5.74) is 2.40. The van der Waals surface area contributed by atoms with Crippen molar-refractivity contribution in [3.05, 3.63) is 59.7 Å². The average molecular weight is 416 g/mol. The topological polar surface area (TPSA) is 64.7 Å². The Morgan fingerprint density at radius 2 is 1.63 bits per heavy atom. The first-order chi connectivity index (χ1) is 14.4. The Morgan fingerprint density at radius 3 is 2.30 bits per heavy atom. The van der Waals surface area contributed by atoms with E-state index in [0.717, 1.165) is 50.3 Å². The molecule has 1 aliphatic heterocycles. The maximum Gasteiger partial charge on any atom is 0.313 e. The number of hydrogen-bond acceptors (Lipinski definition) is 4. The van der Waals surface area contributed by atoms with Gasteiger partial charge < -0.3 is 20.4 Å². The minimum absolute atomic E-state index is 0.0227. The molecule has 1 saturated heterocycles. The number of halogens is 2. The number of hydrogen-bond donors (Lipinski definition) is 2. The van der Waals surface area contributed by atoms with E-state index in [2.05, 4.69) is 51.7 Å². The van der Waals surface area contributed by atoms with Crippen LogP contribution in [0, 0.1) is 11.6 Å². The van der Waals surface area contributed by atoms with Crippen LogP contribution in [0.4, 0.5) is 20.2 Å². The van der Waals surface area contributed by atoms with Crippen LogP contribution in [0.15, 0.2) is 42.5 Å². The molecule has 160 valence electrons. The van der Waals surface area contributed by atoms with E-state index in [1.54, 1.807) is 0 Å². The maximum atomic E-state index is 13.2. The molecule has 0 aromatic heterocycles. The summed E-state index contributed by atoms with van der Waals surface area (Å²) in [4.78, 5) is 28.4. The first kappa shape index (κ1) is 21.7. The molecule has 2 aromatic carbocycles. The fraction of sp³-hybridized carbons (Fsp3) is 0.364. The summed E-state index contributed by atoms with van der Waals surface area (Å²) in [7, 11) is 2.13. The van der Waals surface area contributed by atoms with Gasteiger partial charge in [-0.1, -0.05) is 12.1 Å². The summed E-state index contributed by atoms with van der Waals surface area (Å²) in [5.74, 6) is -3.84. The van der Waals surface area contributed by atoms with Crippen molar-refractivity contribution in [1.29, 1.82) is 0 Å². The number of carbonyl (C=O) groups excluding carboxylic acids is 2. The minimum Gasteiger partial charge on any atom is -0.369 e. The molecule has 1 aliphatic rings. The van der Waals surface area contributed by atoms with Crippen molar-refractivity contribution in [2.75, 3.05) is 50.0 Å². The van der Waals surface area contributed by atoms with Gasteiger partial charge in [-0.2, -0.15) is 0 Å². The summed E-state index contributed by atoms with van der Waals surface area (Å²) < 4.78 is 26.1. The SMILES string of the molecule is CN1CCN(c2ccc(CCCNC(=O)C(=O)Nc3ccc(F)c(F)c3)cc2)CC1. The second kappa shape index (κ2) is 10.2. The molecule has 1 fully saturated rings. The zero-order valence-electron chi connectivity index (χ0n) is 17.0. The molecule has 0 unspecified atom stereocenters. The normalized spacial score (nSPS) is 14.4. The van der Waals surface area contributed by atoms with Crippen molar-refractivity contribution in [2.24, 2.45) is 0 Å². The number of amides is 2. The van der Waals surface area contributed by atoms with Gasteiger partial charge in [-0.25, -0.2) is 8.78 Å². The van der Waals surface area contributed by atoms with Crippen molar-refractivity contribution in [2.45, 2.75) is 12.8 Å². The van der Waals surface area contributed by atoms with Crippen molar-refractivity contribution in [3.8, 4) is 0 Å². The smallest absolute Gasteiger partial charge is 0.313 e. The lowest BCUT2D eigenvalue weighted by molar-refractivity contribution is -0.136. The van der Waals surface area contributed by atoms with E-state index in [9.17, 15) is 18.4 Å². The molecule has 0 spiro atoms. The maximum absolute atomic E-state index is 13.2. The molecule has 8 heteroatoms. The van der Waals surface area contributed by atoms with E-state index in [-0.39, 0.29) is 5.69 Å². The van der Waals surface area contributed by atoms with Crippen molar-refractivity contribution >= 4 is 23.2 Å². The van der Waals surface area contributed by atoms with Gasteiger partial charge in [0.1, 0.15) is 0 Å². The number of nitrogens with one attached hydrogen (secondary N) is 2. The molecule has 2 N–H and O–H groups in total. The molecule has 3 rings (SSSR count). The number of aryl methyl sites for hydroxylation is 1. The van der Waals surface area contributed by atoms with Crippen LogP contribution in [-0.2, 0) is 16.0 Å². The Balaban J connectivity index is 1.38. The number of benzene rings is 2. The van der Waals surface area contributed by atoms with Crippen LogP contribution in [-0.4, -0.2) is 56.5 Å². The molecule has 30 heavy (non-hydrogen) atoms. The zero-order valence-corrected chi connectivity index (χ0v) is 17.0. The molecular weight excluding hydrogens is 390 g/mol. The Morgan fingerprint density at radius 1 is 0.933 bits per heavy atom. The molecule has 2 amide bonds. The van der Waals surface area contributed by atoms with Gasteiger partial charge in [-0.3, -0.25) is 9.59 Å². The predicted molar refractivity (Wildman–Crippen MR) is 112 cm³/mol. The van der Waals surface area contributed by atoms with E-state index in [1.165, 1.54) is 11.8 Å². The van der Waals surface area contributed by atoms with Crippen LogP contribution in [0.2, 0.25) is 0 Å². The lowest BCUT2D eigenvalue weighted by Crippen LogP contribution is -2.44. The molecule has 0 saturated carbocycles. The second-order valence-corrected chi connectivity index (χ2v) is 7.40. The van der Waals surface area contributed by atoms with Gasteiger partial charge in [0.05, 0.1) is 0 Å². The highest BCUT2D eigenvalue weighted by molar-refractivity contribution is 6.39. The number of carbonyl (C=O) groups is 2. The highest BCUT2D eigenvalue weighted by Gasteiger charge is 2.15. The lowest BCUT2D eigenvalue weighted by Gasteiger charge is -2.34. The summed E-state index contributed by atoms with van der Waals surface area (Å²) in [6, 6.07) is 11.3. The third kappa shape index (κ3) is 6.00. The molecular formula is C22H26F2N4O2. The summed E-state index contributed by atoms with van der Waals surface area (Å²) >= 11 is 0. The van der Waals surface area contributed by atoms with Crippen LogP contribution in [0.25, 0.3) is 0 Å². The Kier molecular flexibility index (Phi) is 7.35. The Labute approximate surface area is 174 Å². The van der Waals surface area contributed by atoms with Gasteiger partial charge in [-0.15, -0.1) is 0 Å². The van der Waals surface area contributed by atoms with Gasteiger partial charge in [0.15, 0.2) is 11.6 Å². The minimum atomic E-state index is -1.09. The van der Waals surface area contributed by atoms with Crippen LogP contribution in [0.1, 0.15) is 12.0 Å². The summed E-state index contributed by atoms with van der Waals surface area (Å²) in [6.45, 7) is 4.50. The van der Waals surface area contributed by atoms with Gasteiger partial charge in [0, 0.05) is 50.2 Å². The molecule has 6 nitrogen and oxygen atoms in total. The van der Waals surface area contributed by atoms with Gasteiger partial charge >= 0.3 is 11.8 Å². The molecule has 0 radical (unpaired) electrons. The van der Waals surface area contributed by atoms with E-state index in [1.807, 2.05) is 0 Å². The summed E-state index contributed by atoms with van der Waals surface area (Å²) in [5, 5.41) is 4.78. The van der Waals surface area contributed by atoms with Crippen LogP contribution < -0.4 is 15.5 Å². The van der Waals surface area contributed by atoms with Crippen LogP contribution >= 0.6 is 0 Å². The van der Waals surface area contributed by atoms with Crippen molar-refractivity contribution < 1.29 is 18.4 Å². The highest BCUT2D eigenvalue weighted by Crippen LogP contribution is 2.17. The molecule has 0 aliphatic carbocycles. The first-order valence-corrected chi connectivity index (χ1v) is 9.99. The fourth-order valence-electron chi connectivity index (χ4n) is 3.27. The number of piperazine rings is 1. The fourth-order valence-corrected chi connectivity index (χ4v) is 3.27. The van der Waals surface area contributed by atoms with E-state index in [4.69, 9.17) is 0 Å². The predicted octanol–water partition coefficient (Wildman–Crippen LogP) is 2.40. The quantitative estimate of drug-likeness (QED) is 0.561. The van der Waals surface area contributed by atoms with Crippen LogP contribution in [0.5, 0.6) is 0 Å². The van der Waals surface area contributed by atoms with E-state index >= 15 is 0 Å². The van der Waals surface area contributed by atoms with Crippen LogP contribution in [0.3, 0.4) is 0 Å².